The van der Waals surface area contributed by atoms with Gasteiger partial charge in [-0.2, -0.15) is 0 Å². The Balaban J connectivity index is 2.35. The zero-order valence-corrected chi connectivity index (χ0v) is 11.5. The van der Waals surface area contributed by atoms with Gasteiger partial charge in [0.1, 0.15) is 12.6 Å². The lowest BCUT2D eigenvalue weighted by molar-refractivity contribution is -0.891. The van der Waals surface area contributed by atoms with Gasteiger partial charge in [0, 0.05) is 12.0 Å². The molecule has 1 amide bonds. The summed E-state index contributed by atoms with van der Waals surface area (Å²) in [5.41, 5.74) is -0.189. The summed E-state index contributed by atoms with van der Waals surface area (Å²) in [5.74, 6) is -0.106. The summed E-state index contributed by atoms with van der Waals surface area (Å²) in [4.78, 5) is 11.3. The molecule has 1 aliphatic rings. The maximum atomic E-state index is 11.3. The van der Waals surface area contributed by atoms with Crippen molar-refractivity contribution >= 4 is 5.91 Å². The molecule has 17 heavy (non-hydrogen) atoms. The second kappa shape index (κ2) is 5.19. The van der Waals surface area contributed by atoms with Gasteiger partial charge in [-0.1, -0.05) is 6.58 Å². The average Bonchev–Trinajstić information content (AvgIpc) is 2.98. The van der Waals surface area contributed by atoms with E-state index in [-0.39, 0.29) is 11.4 Å². The van der Waals surface area contributed by atoms with Gasteiger partial charge in [0.05, 0.1) is 27.2 Å². The van der Waals surface area contributed by atoms with Gasteiger partial charge in [-0.05, 0) is 19.9 Å². The minimum atomic E-state index is -0.189. The van der Waals surface area contributed by atoms with E-state index in [2.05, 4.69) is 26.0 Å². The molecule has 98 valence electrons. The summed E-state index contributed by atoms with van der Waals surface area (Å²) in [7, 11) is 4.40. The molecule has 0 spiro atoms. The van der Waals surface area contributed by atoms with E-state index in [4.69, 9.17) is 4.74 Å². The molecule has 1 heterocycles. The van der Waals surface area contributed by atoms with E-state index >= 15 is 0 Å². The molecule has 1 atom stereocenters. The molecule has 0 aromatic heterocycles. The van der Waals surface area contributed by atoms with Gasteiger partial charge in [0.15, 0.2) is 0 Å². The summed E-state index contributed by atoms with van der Waals surface area (Å²) >= 11 is 0. The van der Waals surface area contributed by atoms with Crippen LogP contribution in [0.4, 0.5) is 0 Å². The first-order chi connectivity index (χ1) is 7.74. The van der Waals surface area contributed by atoms with Gasteiger partial charge in [-0.25, -0.2) is 0 Å². The fraction of sp³-hybridized carbons (Fsp3) is 0.769. The maximum absolute atomic E-state index is 11.3. The Kier molecular flexibility index (Phi) is 4.33. The van der Waals surface area contributed by atoms with Gasteiger partial charge >= 0.3 is 0 Å². The van der Waals surface area contributed by atoms with Crippen molar-refractivity contribution in [2.75, 3.05) is 33.8 Å². The predicted octanol–water partition coefficient (Wildman–Crippen LogP) is 0.932. The maximum Gasteiger partial charge on any atom is 0.243 e. The van der Waals surface area contributed by atoms with E-state index in [0.29, 0.717) is 6.10 Å². The second-order valence-electron chi connectivity index (χ2n) is 6.12. The molecule has 4 heteroatoms. The molecular formula is C13H25N2O2+. The highest BCUT2D eigenvalue weighted by Crippen LogP contribution is 2.17. The zero-order valence-electron chi connectivity index (χ0n) is 11.5. The highest BCUT2D eigenvalue weighted by Gasteiger charge is 2.32. The first kappa shape index (κ1) is 14.2. The Morgan fingerprint density at radius 3 is 2.65 bits per heavy atom. The van der Waals surface area contributed by atoms with Crippen LogP contribution in [-0.4, -0.2) is 55.8 Å². The van der Waals surface area contributed by atoms with Crippen LogP contribution in [0.25, 0.3) is 0 Å². The summed E-state index contributed by atoms with van der Waals surface area (Å²) in [6.07, 6.45) is 2.70. The Morgan fingerprint density at radius 2 is 2.18 bits per heavy atom. The molecule has 0 aliphatic carbocycles. The fourth-order valence-electron chi connectivity index (χ4n) is 1.85. The number of nitrogens with one attached hydrogen (secondary N) is 1. The van der Waals surface area contributed by atoms with Crippen LogP contribution < -0.4 is 5.32 Å². The molecule has 1 rings (SSSR count). The van der Waals surface area contributed by atoms with E-state index in [1.807, 2.05) is 13.8 Å². The van der Waals surface area contributed by atoms with Crippen molar-refractivity contribution in [3.05, 3.63) is 12.7 Å². The van der Waals surface area contributed by atoms with Crippen molar-refractivity contribution < 1.29 is 14.0 Å². The zero-order chi connectivity index (χ0) is 13.1. The molecule has 1 saturated heterocycles. The quantitative estimate of drug-likeness (QED) is 0.409. The highest BCUT2D eigenvalue weighted by atomic mass is 16.6. The standard InChI is InChI=1S/C13H24N2O2/c1-6-12(16)14-13(2,3)7-8-15(4,5)9-11-10-17-11/h6,11H,1,7-10H2,2-5H3/p+1. The van der Waals surface area contributed by atoms with Crippen molar-refractivity contribution in [3.8, 4) is 0 Å². The lowest BCUT2D eigenvalue weighted by Crippen LogP contribution is -2.50. The molecule has 1 fully saturated rings. The molecule has 1 unspecified atom stereocenters. The van der Waals surface area contributed by atoms with Crippen molar-refractivity contribution in [1.29, 1.82) is 0 Å². The smallest absolute Gasteiger partial charge is 0.243 e. The summed E-state index contributed by atoms with van der Waals surface area (Å²) < 4.78 is 6.19. The number of nitrogens with zero attached hydrogens (tertiary/aromatic N) is 1. The van der Waals surface area contributed by atoms with E-state index in [0.717, 1.165) is 30.6 Å². The Bertz CT molecular complexity index is 294. The molecule has 0 bridgehead atoms. The molecule has 0 saturated carbocycles. The summed E-state index contributed by atoms with van der Waals surface area (Å²) in [5, 5.41) is 2.95. The van der Waals surface area contributed by atoms with Crippen LogP contribution in [0.5, 0.6) is 0 Å². The molecular weight excluding hydrogens is 216 g/mol. The number of epoxide rings is 1. The number of quaternary nitrogens is 1. The van der Waals surface area contributed by atoms with Gasteiger partial charge in [-0.15, -0.1) is 0 Å². The lowest BCUT2D eigenvalue weighted by atomic mass is 9.99. The second-order valence-corrected chi connectivity index (χ2v) is 6.12. The first-order valence-corrected chi connectivity index (χ1v) is 6.12. The predicted molar refractivity (Wildman–Crippen MR) is 68.6 cm³/mol. The van der Waals surface area contributed by atoms with Crippen LogP contribution in [-0.2, 0) is 9.53 Å². The van der Waals surface area contributed by atoms with Crippen LogP contribution in [0.15, 0.2) is 12.7 Å². The third kappa shape index (κ3) is 5.84. The Hall–Kier alpha value is -0.870. The fourth-order valence-corrected chi connectivity index (χ4v) is 1.85. The number of hydrogen-bond donors (Lipinski definition) is 1. The van der Waals surface area contributed by atoms with Gasteiger partial charge in [0.25, 0.3) is 0 Å². The molecule has 4 nitrogen and oxygen atoms in total. The topological polar surface area (TPSA) is 41.6 Å². The van der Waals surface area contributed by atoms with E-state index in [1.54, 1.807) is 0 Å². The van der Waals surface area contributed by atoms with Crippen molar-refractivity contribution in [1.82, 2.24) is 5.32 Å². The van der Waals surface area contributed by atoms with Crippen LogP contribution in [0.1, 0.15) is 20.3 Å². The van der Waals surface area contributed by atoms with Gasteiger partial charge in [0.2, 0.25) is 5.91 Å². The third-order valence-electron chi connectivity index (χ3n) is 3.09. The van der Waals surface area contributed by atoms with E-state index < -0.39 is 0 Å². The highest BCUT2D eigenvalue weighted by molar-refractivity contribution is 5.87. The van der Waals surface area contributed by atoms with E-state index in [1.165, 1.54) is 6.08 Å². The minimum absolute atomic E-state index is 0.106. The third-order valence-corrected chi connectivity index (χ3v) is 3.09. The van der Waals surface area contributed by atoms with Crippen LogP contribution in [0.3, 0.4) is 0 Å². The molecule has 1 aliphatic heterocycles. The van der Waals surface area contributed by atoms with Crippen LogP contribution >= 0.6 is 0 Å². The lowest BCUT2D eigenvalue weighted by Gasteiger charge is -2.34. The van der Waals surface area contributed by atoms with Crippen molar-refractivity contribution in [2.45, 2.75) is 31.9 Å². The van der Waals surface area contributed by atoms with Gasteiger partial charge < -0.3 is 14.5 Å². The summed E-state index contributed by atoms with van der Waals surface area (Å²) in [6, 6.07) is 0. The normalized spacial score (nSPS) is 19.9. The first-order valence-electron chi connectivity index (χ1n) is 6.12. The number of likely N-dealkylation sites (N-methyl/N-ethyl adjacent to an activating group) is 1. The Labute approximate surface area is 104 Å². The number of carbonyl (C=O) groups excluding carboxylic acids is 1. The van der Waals surface area contributed by atoms with Gasteiger partial charge in [-0.3, -0.25) is 4.79 Å². The van der Waals surface area contributed by atoms with Crippen molar-refractivity contribution in [2.24, 2.45) is 0 Å². The molecule has 1 N–H and O–H groups in total. The molecule has 0 aromatic rings. The number of rotatable bonds is 7. The van der Waals surface area contributed by atoms with Crippen LogP contribution in [0, 0.1) is 0 Å². The average molecular weight is 241 g/mol. The number of amides is 1. The molecule has 0 radical (unpaired) electrons. The minimum Gasteiger partial charge on any atom is -0.367 e. The number of hydrogen-bond acceptors (Lipinski definition) is 2. The molecule has 0 aromatic carbocycles. The van der Waals surface area contributed by atoms with Crippen LogP contribution in [0.2, 0.25) is 0 Å². The Morgan fingerprint density at radius 1 is 1.59 bits per heavy atom. The SMILES string of the molecule is C=CC(=O)NC(C)(C)CC[N+](C)(C)CC1CO1. The monoisotopic (exact) mass is 241 g/mol. The summed E-state index contributed by atoms with van der Waals surface area (Å²) in [6.45, 7) is 10.5. The largest absolute Gasteiger partial charge is 0.367 e. The van der Waals surface area contributed by atoms with Crippen molar-refractivity contribution in [3.63, 3.8) is 0 Å². The van der Waals surface area contributed by atoms with E-state index in [9.17, 15) is 4.79 Å². The number of carbonyl (C=O) groups is 1. The number of ether oxygens (including phenoxy) is 1.